The predicted molar refractivity (Wildman–Crippen MR) is 69.0 cm³/mol. The second kappa shape index (κ2) is 5.73. The predicted octanol–water partition coefficient (Wildman–Crippen LogP) is 1.45. The van der Waals surface area contributed by atoms with Gasteiger partial charge in [0.1, 0.15) is 11.8 Å². The van der Waals surface area contributed by atoms with Gasteiger partial charge in [-0.25, -0.2) is 4.79 Å². The lowest BCUT2D eigenvalue weighted by Gasteiger charge is -2.21. The highest BCUT2D eigenvalue weighted by atomic mass is 16.5. The van der Waals surface area contributed by atoms with Gasteiger partial charge in [-0.05, 0) is 31.4 Å². The van der Waals surface area contributed by atoms with Crippen molar-refractivity contribution >= 4 is 11.9 Å². The van der Waals surface area contributed by atoms with Crippen molar-refractivity contribution in [2.45, 2.75) is 25.8 Å². The van der Waals surface area contributed by atoms with Gasteiger partial charge in [-0.2, -0.15) is 0 Å². The lowest BCUT2D eigenvalue weighted by molar-refractivity contribution is -0.148. The molecular weight excluding hydrogens is 246 g/mol. The molecule has 1 N–H and O–H groups in total. The summed E-state index contributed by atoms with van der Waals surface area (Å²) < 4.78 is 5.45. The molecule has 0 aromatic heterocycles. The van der Waals surface area contributed by atoms with E-state index in [-0.39, 0.29) is 12.5 Å². The van der Waals surface area contributed by atoms with Crippen molar-refractivity contribution in [2.75, 3.05) is 13.2 Å². The number of hydrogen-bond acceptors (Lipinski definition) is 3. The molecule has 5 nitrogen and oxygen atoms in total. The number of nitrogens with zero attached hydrogens (tertiary/aromatic N) is 1. The maximum absolute atomic E-state index is 12.0. The number of carboxylic acid groups (broad SMARTS) is 1. The maximum atomic E-state index is 12.0. The van der Waals surface area contributed by atoms with Gasteiger partial charge in [-0.1, -0.05) is 18.2 Å². The minimum Gasteiger partial charge on any atom is -0.484 e. The van der Waals surface area contributed by atoms with Gasteiger partial charge >= 0.3 is 5.97 Å². The van der Waals surface area contributed by atoms with E-state index in [1.807, 2.05) is 25.1 Å². The first-order valence-electron chi connectivity index (χ1n) is 6.30. The van der Waals surface area contributed by atoms with E-state index in [1.165, 1.54) is 4.90 Å². The minimum atomic E-state index is -0.943. The van der Waals surface area contributed by atoms with Gasteiger partial charge in [-0.15, -0.1) is 0 Å². The molecule has 0 saturated carbocycles. The molecule has 0 aliphatic carbocycles. The first-order valence-corrected chi connectivity index (χ1v) is 6.30. The quantitative estimate of drug-likeness (QED) is 0.892. The molecule has 5 heteroatoms. The number of carbonyl (C=O) groups is 2. The molecule has 0 radical (unpaired) electrons. The molecule has 0 spiro atoms. The fourth-order valence-corrected chi connectivity index (χ4v) is 2.26. The van der Waals surface area contributed by atoms with Crippen molar-refractivity contribution in [3.63, 3.8) is 0 Å². The number of aryl methyl sites for hydroxylation is 1. The summed E-state index contributed by atoms with van der Waals surface area (Å²) in [7, 11) is 0. The van der Waals surface area contributed by atoms with Gasteiger partial charge < -0.3 is 14.7 Å². The monoisotopic (exact) mass is 263 g/mol. The first-order chi connectivity index (χ1) is 9.09. The van der Waals surface area contributed by atoms with Crippen molar-refractivity contribution < 1.29 is 19.4 Å². The summed E-state index contributed by atoms with van der Waals surface area (Å²) in [5.41, 5.74) is 0.950. The summed E-state index contributed by atoms with van der Waals surface area (Å²) in [6.07, 6.45) is 1.25. The topological polar surface area (TPSA) is 66.8 Å². The Morgan fingerprint density at radius 1 is 1.42 bits per heavy atom. The molecule has 1 fully saturated rings. The van der Waals surface area contributed by atoms with Crippen LogP contribution in [0.1, 0.15) is 18.4 Å². The Kier molecular flexibility index (Phi) is 4.04. The number of rotatable bonds is 4. The number of likely N-dealkylation sites (tertiary alicyclic amines) is 1. The molecule has 1 aromatic rings. The molecule has 19 heavy (non-hydrogen) atoms. The molecule has 1 heterocycles. The Morgan fingerprint density at radius 3 is 2.84 bits per heavy atom. The zero-order chi connectivity index (χ0) is 13.8. The summed E-state index contributed by atoms with van der Waals surface area (Å²) in [6.45, 7) is 2.28. The molecule has 1 atom stereocenters. The van der Waals surface area contributed by atoms with Crippen LogP contribution in [-0.4, -0.2) is 41.1 Å². The van der Waals surface area contributed by atoms with Crippen LogP contribution in [0.2, 0.25) is 0 Å². The number of hydrogen-bond donors (Lipinski definition) is 1. The highest BCUT2D eigenvalue weighted by molar-refractivity contribution is 5.85. The smallest absolute Gasteiger partial charge is 0.326 e. The first kappa shape index (κ1) is 13.4. The van der Waals surface area contributed by atoms with E-state index >= 15 is 0 Å². The number of carboxylic acids is 1. The van der Waals surface area contributed by atoms with E-state index in [1.54, 1.807) is 6.07 Å². The Bertz CT molecular complexity index is 486. The second-order valence-electron chi connectivity index (χ2n) is 4.64. The third-order valence-electron chi connectivity index (χ3n) is 3.30. The SMILES string of the molecule is Cc1ccccc1OCC(=O)N1CCC[C@@H]1C(=O)O. The van der Waals surface area contributed by atoms with E-state index in [0.717, 1.165) is 12.0 Å². The van der Waals surface area contributed by atoms with Gasteiger partial charge in [0.2, 0.25) is 0 Å². The van der Waals surface area contributed by atoms with Crippen LogP contribution < -0.4 is 4.74 Å². The molecule has 0 bridgehead atoms. The molecule has 1 aliphatic heterocycles. The zero-order valence-electron chi connectivity index (χ0n) is 10.8. The van der Waals surface area contributed by atoms with Crippen LogP contribution in [0.5, 0.6) is 5.75 Å². The van der Waals surface area contributed by atoms with Gasteiger partial charge in [0.05, 0.1) is 0 Å². The van der Waals surface area contributed by atoms with Crippen molar-refractivity contribution in [3.05, 3.63) is 29.8 Å². The number of carbonyl (C=O) groups excluding carboxylic acids is 1. The Balaban J connectivity index is 1.95. The molecule has 1 saturated heterocycles. The molecule has 102 valence electrons. The largest absolute Gasteiger partial charge is 0.484 e. The fraction of sp³-hybridized carbons (Fsp3) is 0.429. The van der Waals surface area contributed by atoms with E-state index in [9.17, 15) is 9.59 Å². The number of aliphatic carboxylic acids is 1. The van der Waals surface area contributed by atoms with Crippen molar-refractivity contribution in [3.8, 4) is 5.75 Å². The lowest BCUT2D eigenvalue weighted by atomic mass is 10.2. The van der Waals surface area contributed by atoms with Crippen LogP contribution >= 0.6 is 0 Å². The Morgan fingerprint density at radius 2 is 2.16 bits per heavy atom. The highest BCUT2D eigenvalue weighted by Gasteiger charge is 2.33. The Hall–Kier alpha value is -2.04. The minimum absolute atomic E-state index is 0.116. The van der Waals surface area contributed by atoms with Crippen LogP contribution in [0.4, 0.5) is 0 Å². The Labute approximate surface area is 111 Å². The van der Waals surface area contributed by atoms with Crippen molar-refractivity contribution in [2.24, 2.45) is 0 Å². The molecule has 0 unspecified atom stereocenters. The van der Waals surface area contributed by atoms with Crippen LogP contribution in [-0.2, 0) is 9.59 Å². The van der Waals surface area contributed by atoms with Crippen molar-refractivity contribution in [1.29, 1.82) is 0 Å². The van der Waals surface area contributed by atoms with Crippen LogP contribution in [0.25, 0.3) is 0 Å². The molecule has 2 rings (SSSR count). The van der Waals surface area contributed by atoms with Crippen LogP contribution in [0.3, 0.4) is 0 Å². The van der Waals surface area contributed by atoms with E-state index < -0.39 is 12.0 Å². The standard InChI is InChI=1S/C14H17NO4/c1-10-5-2-3-7-12(10)19-9-13(16)15-8-4-6-11(15)14(17)18/h2-3,5,7,11H,4,6,8-9H2,1H3,(H,17,18)/t11-/m1/s1. The molecule has 1 amide bonds. The zero-order valence-corrected chi connectivity index (χ0v) is 10.8. The van der Waals surface area contributed by atoms with Gasteiger partial charge in [0, 0.05) is 6.54 Å². The van der Waals surface area contributed by atoms with E-state index in [0.29, 0.717) is 18.7 Å². The third kappa shape index (κ3) is 3.05. The van der Waals surface area contributed by atoms with Crippen LogP contribution in [0, 0.1) is 6.92 Å². The van der Waals surface area contributed by atoms with Gasteiger partial charge in [-0.3, -0.25) is 4.79 Å². The van der Waals surface area contributed by atoms with E-state index in [4.69, 9.17) is 9.84 Å². The fourth-order valence-electron chi connectivity index (χ4n) is 2.26. The van der Waals surface area contributed by atoms with Gasteiger partial charge in [0.15, 0.2) is 6.61 Å². The average molecular weight is 263 g/mol. The molecular formula is C14H17NO4. The number of amides is 1. The highest BCUT2D eigenvalue weighted by Crippen LogP contribution is 2.19. The number of para-hydroxylation sites is 1. The van der Waals surface area contributed by atoms with Crippen molar-refractivity contribution in [1.82, 2.24) is 4.90 Å². The van der Waals surface area contributed by atoms with Crippen LogP contribution in [0.15, 0.2) is 24.3 Å². The summed E-state index contributed by atoms with van der Waals surface area (Å²) in [5, 5.41) is 9.03. The van der Waals surface area contributed by atoms with Gasteiger partial charge in [0.25, 0.3) is 5.91 Å². The summed E-state index contributed by atoms with van der Waals surface area (Å²) in [5.74, 6) is -0.559. The van der Waals surface area contributed by atoms with E-state index in [2.05, 4.69) is 0 Å². The average Bonchev–Trinajstić information content (AvgIpc) is 2.87. The second-order valence-corrected chi connectivity index (χ2v) is 4.64. The third-order valence-corrected chi connectivity index (χ3v) is 3.30. The maximum Gasteiger partial charge on any atom is 0.326 e. The summed E-state index contributed by atoms with van der Waals surface area (Å²) in [4.78, 5) is 24.4. The molecule has 1 aromatic carbocycles. The number of ether oxygens (including phenoxy) is 1. The lowest BCUT2D eigenvalue weighted by Crippen LogP contribution is -2.42. The summed E-state index contributed by atoms with van der Waals surface area (Å²) >= 11 is 0. The summed E-state index contributed by atoms with van der Waals surface area (Å²) in [6, 6.07) is 6.72. The normalized spacial score (nSPS) is 18.4. The molecule has 1 aliphatic rings. The number of benzene rings is 1.